The van der Waals surface area contributed by atoms with Gasteiger partial charge in [0.15, 0.2) is 0 Å². The van der Waals surface area contributed by atoms with Gasteiger partial charge in [0.25, 0.3) is 0 Å². The summed E-state index contributed by atoms with van der Waals surface area (Å²) in [6.45, 7) is 1.04. The maximum Gasteiger partial charge on any atom is 0.123 e. The highest BCUT2D eigenvalue weighted by atomic mass is 19.1. The highest BCUT2D eigenvalue weighted by molar-refractivity contribution is 5.36. The van der Waals surface area contributed by atoms with Gasteiger partial charge >= 0.3 is 0 Å². The van der Waals surface area contributed by atoms with Crippen molar-refractivity contribution < 1.29 is 13.9 Å². The van der Waals surface area contributed by atoms with Crippen molar-refractivity contribution >= 4 is 0 Å². The molecule has 2 aromatic carbocycles. The molecular weight excluding hydrogens is 269 g/mol. The number of ether oxygens (including phenoxy) is 2. The molecule has 0 aromatic heterocycles. The van der Waals surface area contributed by atoms with Gasteiger partial charge in [0.2, 0.25) is 0 Å². The fraction of sp³-hybridized carbons (Fsp3) is 0.294. The first-order chi connectivity index (χ1) is 10.2. The van der Waals surface area contributed by atoms with Crippen LogP contribution in [0.3, 0.4) is 0 Å². The van der Waals surface area contributed by atoms with Crippen molar-refractivity contribution in [3.05, 3.63) is 59.9 Å². The largest absolute Gasteiger partial charge is 0.496 e. The molecule has 0 aliphatic rings. The van der Waals surface area contributed by atoms with Crippen LogP contribution in [0.4, 0.5) is 4.39 Å². The van der Waals surface area contributed by atoms with Crippen molar-refractivity contribution in [2.75, 3.05) is 20.3 Å². The van der Waals surface area contributed by atoms with Crippen molar-refractivity contribution in [3.63, 3.8) is 0 Å². The molecule has 0 fully saturated rings. The molecule has 1 atom stereocenters. The van der Waals surface area contributed by atoms with E-state index in [0.717, 1.165) is 17.7 Å². The lowest BCUT2D eigenvalue weighted by Crippen LogP contribution is -2.16. The lowest BCUT2D eigenvalue weighted by Gasteiger charge is -2.18. The fourth-order valence-corrected chi connectivity index (χ4v) is 2.25. The predicted octanol–water partition coefficient (Wildman–Crippen LogP) is 3.35. The molecule has 0 saturated heterocycles. The van der Waals surface area contributed by atoms with E-state index in [0.29, 0.717) is 18.9 Å². The van der Waals surface area contributed by atoms with Crippen LogP contribution in [-0.4, -0.2) is 20.3 Å². The molecule has 0 aliphatic heterocycles. The molecule has 1 unspecified atom stereocenters. The van der Waals surface area contributed by atoms with Crippen LogP contribution >= 0.6 is 0 Å². The molecule has 3 nitrogen and oxygen atoms in total. The number of hydrogen-bond donors (Lipinski definition) is 1. The average molecular weight is 289 g/mol. The Kier molecular flexibility index (Phi) is 5.58. The molecule has 0 saturated carbocycles. The van der Waals surface area contributed by atoms with Gasteiger partial charge in [-0.25, -0.2) is 4.39 Å². The van der Waals surface area contributed by atoms with Crippen LogP contribution in [0.15, 0.2) is 48.5 Å². The Bertz CT molecular complexity index is 557. The first-order valence-corrected chi connectivity index (χ1v) is 6.96. The van der Waals surface area contributed by atoms with Gasteiger partial charge in [-0.1, -0.05) is 18.2 Å². The van der Waals surface area contributed by atoms with Crippen molar-refractivity contribution in [2.24, 2.45) is 5.73 Å². The molecule has 0 heterocycles. The molecule has 21 heavy (non-hydrogen) atoms. The second-order valence-electron chi connectivity index (χ2n) is 4.77. The van der Waals surface area contributed by atoms with E-state index in [9.17, 15) is 4.39 Å². The third-order valence-corrected chi connectivity index (χ3v) is 3.41. The van der Waals surface area contributed by atoms with Gasteiger partial charge in [-0.3, -0.25) is 0 Å². The van der Waals surface area contributed by atoms with Gasteiger partial charge in [0.1, 0.15) is 17.3 Å². The average Bonchev–Trinajstić information content (AvgIpc) is 2.53. The Hall–Kier alpha value is -2.07. The van der Waals surface area contributed by atoms with Gasteiger partial charge in [0.05, 0.1) is 13.7 Å². The predicted molar refractivity (Wildman–Crippen MR) is 81.3 cm³/mol. The SMILES string of the molecule is COc1ccccc1C(CN)CCOc1ccc(F)cc1. The van der Waals surface area contributed by atoms with Crippen LogP contribution < -0.4 is 15.2 Å². The zero-order valence-corrected chi connectivity index (χ0v) is 12.1. The highest BCUT2D eigenvalue weighted by Crippen LogP contribution is 2.28. The van der Waals surface area contributed by atoms with Crippen molar-refractivity contribution in [1.29, 1.82) is 0 Å². The lowest BCUT2D eigenvalue weighted by molar-refractivity contribution is 0.296. The van der Waals surface area contributed by atoms with Crippen LogP contribution in [0.25, 0.3) is 0 Å². The third kappa shape index (κ3) is 4.20. The Balaban J connectivity index is 1.95. The van der Waals surface area contributed by atoms with E-state index in [2.05, 4.69) is 0 Å². The molecule has 0 aliphatic carbocycles. The number of nitrogens with two attached hydrogens (primary N) is 1. The van der Waals surface area contributed by atoms with E-state index in [1.54, 1.807) is 19.2 Å². The highest BCUT2D eigenvalue weighted by Gasteiger charge is 2.14. The van der Waals surface area contributed by atoms with Crippen LogP contribution in [0.2, 0.25) is 0 Å². The Morgan fingerprint density at radius 3 is 2.48 bits per heavy atom. The molecule has 2 N–H and O–H groups in total. The topological polar surface area (TPSA) is 44.5 Å². The summed E-state index contributed by atoms with van der Waals surface area (Å²) in [6, 6.07) is 13.9. The summed E-state index contributed by atoms with van der Waals surface area (Å²) < 4.78 is 23.8. The molecule has 4 heteroatoms. The van der Waals surface area contributed by atoms with E-state index >= 15 is 0 Å². The zero-order valence-electron chi connectivity index (χ0n) is 12.1. The Morgan fingerprint density at radius 1 is 1.10 bits per heavy atom. The number of benzene rings is 2. The summed E-state index contributed by atoms with van der Waals surface area (Å²) in [6.07, 6.45) is 0.772. The van der Waals surface area contributed by atoms with E-state index < -0.39 is 0 Å². The van der Waals surface area contributed by atoms with Gasteiger partial charge in [-0.2, -0.15) is 0 Å². The molecular formula is C17H20FNO2. The first kappa shape index (κ1) is 15.3. The minimum atomic E-state index is -0.267. The summed E-state index contributed by atoms with van der Waals surface area (Å²) in [5, 5.41) is 0. The Morgan fingerprint density at radius 2 is 1.81 bits per heavy atom. The summed E-state index contributed by atoms with van der Waals surface area (Å²) in [5.74, 6) is 1.40. The molecule has 0 spiro atoms. The second kappa shape index (κ2) is 7.64. The Labute approximate surface area is 124 Å². The van der Waals surface area contributed by atoms with Crippen LogP contribution in [0.1, 0.15) is 17.9 Å². The van der Waals surface area contributed by atoms with Crippen molar-refractivity contribution in [1.82, 2.24) is 0 Å². The third-order valence-electron chi connectivity index (χ3n) is 3.41. The summed E-state index contributed by atoms with van der Waals surface area (Å²) in [4.78, 5) is 0. The maximum atomic E-state index is 12.8. The molecule has 112 valence electrons. The standard InChI is InChI=1S/C17H20FNO2/c1-20-17-5-3-2-4-16(17)13(12-19)10-11-21-15-8-6-14(18)7-9-15/h2-9,13H,10-12,19H2,1H3. The van der Waals surface area contributed by atoms with Gasteiger partial charge in [-0.05, 0) is 48.9 Å². The summed E-state index contributed by atoms with van der Waals surface area (Å²) in [7, 11) is 1.65. The number of para-hydroxylation sites is 1. The van der Waals surface area contributed by atoms with E-state index in [1.165, 1.54) is 12.1 Å². The lowest BCUT2D eigenvalue weighted by atomic mass is 9.95. The number of hydrogen-bond acceptors (Lipinski definition) is 3. The van der Waals surface area contributed by atoms with Crippen LogP contribution in [0, 0.1) is 5.82 Å². The number of rotatable bonds is 7. The van der Waals surface area contributed by atoms with E-state index in [4.69, 9.17) is 15.2 Å². The van der Waals surface area contributed by atoms with Crippen LogP contribution in [-0.2, 0) is 0 Å². The normalized spacial score (nSPS) is 12.0. The first-order valence-electron chi connectivity index (χ1n) is 6.96. The number of methoxy groups -OCH3 is 1. The van der Waals surface area contributed by atoms with Crippen LogP contribution in [0.5, 0.6) is 11.5 Å². The van der Waals surface area contributed by atoms with Gasteiger partial charge < -0.3 is 15.2 Å². The monoisotopic (exact) mass is 289 g/mol. The van der Waals surface area contributed by atoms with Crippen molar-refractivity contribution in [3.8, 4) is 11.5 Å². The van der Waals surface area contributed by atoms with E-state index in [1.807, 2.05) is 24.3 Å². The minimum absolute atomic E-state index is 0.168. The molecule has 0 amide bonds. The van der Waals surface area contributed by atoms with Gasteiger partial charge in [-0.15, -0.1) is 0 Å². The minimum Gasteiger partial charge on any atom is -0.496 e. The molecule has 0 bridgehead atoms. The fourth-order valence-electron chi connectivity index (χ4n) is 2.25. The smallest absolute Gasteiger partial charge is 0.123 e. The molecule has 2 rings (SSSR count). The summed E-state index contributed by atoms with van der Waals surface area (Å²) >= 11 is 0. The maximum absolute atomic E-state index is 12.8. The number of halogens is 1. The van der Waals surface area contributed by atoms with E-state index in [-0.39, 0.29) is 11.7 Å². The zero-order chi connectivity index (χ0) is 15.1. The summed E-state index contributed by atoms with van der Waals surface area (Å²) in [5.41, 5.74) is 6.96. The molecule has 0 radical (unpaired) electrons. The molecule has 2 aromatic rings. The second-order valence-corrected chi connectivity index (χ2v) is 4.77. The van der Waals surface area contributed by atoms with Gasteiger partial charge in [0, 0.05) is 5.92 Å². The van der Waals surface area contributed by atoms with Crippen molar-refractivity contribution in [2.45, 2.75) is 12.3 Å². The quantitative estimate of drug-likeness (QED) is 0.850.